The van der Waals surface area contributed by atoms with Crippen LogP contribution in [-0.2, 0) is 0 Å². The lowest BCUT2D eigenvalue weighted by Gasteiger charge is -2.21. The van der Waals surface area contributed by atoms with Gasteiger partial charge in [-0.2, -0.15) is 0 Å². The van der Waals surface area contributed by atoms with E-state index in [-0.39, 0.29) is 0 Å². The van der Waals surface area contributed by atoms with Gasteiger partial charge in [0.15, 0.2) is 28.8 Å². The van der Waals surface area contributed by atoms with E-state index in [0.29, 0.717) is 28.8 Å². The standard InChI is InChI=1S/C45H27N3O3/c1-2-8-29(9-3-1)45-47-37(31-15-16-40-36(25-31)35-10-4-5-11-39(35)49-40)27-38(48-45)34-23-32(28-18-20-46-21-19-28)22-33(24-34)30-14-17-43-44(26-30)51-42-13-7-6-12-41(42)50-43/h1-27H. The highest BCUT2D eigenvalue weighted by molar-refractivity contribution is 6.06. The summed E-state index contributed by atoms with van der Waals surface area (Å²) in [4.78, 5) is 14.6. The lowest BCUT2D eigenvalue weighted by Crippen LogP contribution is -1.99. The molecule has 0 aliphatic carbocycles. The predicted octanol–water partition coefficient (Wildman–Crippen LogP) is 12.0. The van der Waals surface area contributed by atoms with Crippen LogP contribution in [0.25, 0.3) is 78.1 Å². The first kappa shape index (κ1) is 28.9. The summed E-state index contributed by atoms with van der Waals surface area (Å²) in [7, 11) is 0. The van der Waals surface area contributed by atoms with Gasteiger partial charge in [0.2, 0.25) is 0 Å². The minimum Gasteiger partial charge on any atom is -0.456 e. The first-order valence-corrected chi connectivity index (χ1v) is 16.7. The highest BCUT2D eigenvalue weighted by atomic mass is 16.6. The van der Waals surface area contributed by atoms with Gasteiger partial charge in [-0.3, -0.25) is 4.98 Å². The van der Waals surface area contributed by atoms with E-state index in [1.807, 2.05) is 116 Å². The van der Waals surface area contributed by atoms with Gasteiger partial charge in [-0.25, -0.2) is 9.97 Å². The largest absolute Gasteiger partial charge is 0.456 e. The fourth-order valence-corrected chi connectivity index (χ4v) is 6.71. The first-order chi connectivity index (χ1) is 25.2. The van der Waals surface area contributed by atoms with Crippen molar-refractivity contribution in [2.75, 3.05) is 0 Å². The lowest BCUT2D eigenvalue weighted by molar-refractivity contribution is 0.360. The van der Waals surface area contributed by atoms with Crippen molar-refractivity contribution in [3.05, 3.63) is 164 Å². The van der Waals surface area contributed by atoms with Crippen LogP contribution >= 0.6 is 0 Å². The number of furan rings is 1. The number of fused-ring (bicyclic) bond motifs is 5. The maximum Gasteiger partial charge on any atom is 0.170 e. The Morgan fingerprint density at radius 1 is 0.353 bits per heavy atom. The van der Waals surface area contributed by atoms with Crippen molar-refractivity contribution in [1.29, 1.82) is 0 Å². The van der Waals surface area contributed by atoms with Crippen LogP contribution in [0.4, 0.5) is 0 Å². The van der Waals surface area contributed by atoms with E-state index in [1.54, 1.807) is 0 Å². The van der Waals surface area contributed by atoms with Gasteiger partial charge in [0.1, 0.15) is 11.2 Å². The second-order valence-corrected chi connectivity index (χ2v) is 12.5. The number of aromatic nitrogens is 3. The molecule has 1 aliphatic rings. The molecule has 6 aromatic carbocycles. The molecule has 0 spiro atoms. The Labute approximate surface area is 293 Å². The number of benzene rings is 6. The quantitative estimate of drug-likeness (QED) is 0.183. The van der Waals surface area contributed by atoms with Crippen molar-refractivity contribution < 1.29 is 13.9 Å². The summed E-state index contributed by atoms with van der Waals surface area (Å²) in [6, 6.07) is 50.9. The molecular formula is C45H27N3O3. The van der Waals surface area contributed by atoms with Crippen molar-refractivity contribution in [2.45, 2.75) is 0 Å². The Balaban J connectivity index is 1.15. The van der Waals surface area contributed by atoms with Gasteiger partial charge in [0, 0.05) is 39.9 Å². The van der Waals surface area contributed by atoms with Crippen LogP contribution in [0.3, 0.4) is 0 Å². The molecule has 0 saturated heterocycles. The Bertz CT molecular complexity index is 2760. The summed E-state index contributed by atoms with van der Waals surface area (Å²) in [5.41, 5.74) is 10.3. The van der Waals surface area contributed by atoms with Gasteiger partial charge < -0.3 is 13.9 Å². The molecule has 6 nitrogen and oxygen atoms in total. The Kier molecular flexibility index (Phi) is 6.70. The molecule has 51 heavy (non-hydrogen) atoms. The first-order valence-electron chi connectivity index (χ1n) is 16.7. The zero-order valence-corrected chi connectivity index (χ0v) is 27.2. The molecule has 0 fully saturated rings. The summed E-state index contributed by atoms with van der Waals surface area (Å²) < 4.78 is 18.6. The van der Waals surface area contributed by atoms with E-state index in [4.69, 9.17) is 23.9 Å². The van der Waals surface area contributed by atoms with Crippen LogP contribution in [0.15, 0.2) is 168 Å². The minimum absolute atomic E-state index is 0.647. The smallest absolute Gasteiger partial charge is 0.170 e. The number of hydrogen-bond donors (Lipinski definition) is 0. The van der Waals surface area contributed by atoms with E-state index >= 15 is 0 Å². The normalized spacial score (nSPS) is 11.8. The SMILES string of the molecule is c1ccc(-c2nc(-c3cc(-c4ccncc4)cc(-c4ccc5c(c4)Oc4ccccc4O5)c3)cc(-c3ccc4oc5ccccc5c4c3)n2)cc1. The number of pyridine rings is 1. The third-order valence-electron chi connectivity index (χ3n) is 9.24. The number of nitrogens with zero attached hydrogens (tertiary/aromatic N) is 3. The molecule has 0 unspecified atom stereocenters. The molecule has 0 saturated carbocycles. The molecule has 6 heteroatoms. The van der Waals surface area contributed by atoms with Crippen molar-refractivity contribution in [2.24, 2.45) is 0 Å². The van der Waals surface area contributed by atoms with Gasteiger partial charge in [0.05, 0.1) is 11.4 Å². The average Bonchev–Trinajstić information content (AvgIpc) is 3.58. The maximum atomic E-state index is 6.29. The number of rotatable bonds is 5. The van der Waals surface area contributed by atoms with Gasteiger partial charge in [-0.1, -0.05) is 66.7 Å². The number of hydrogen-bond acceptors (Lipinski definition) is 6. The molecular weight excluding hydrogens is 631 g/mol. The fourth-order valence-electron chi connectivity index (χ4n) is 6.71. The average molecular weight is 658 g/mol. The van der Waals surface area contributed by atoms with E-state index < -0.39 is 0 Å². The van der Waals surface area contributed by atoms with E-state index in [9.17, 15) is 0 Å². The Morgan fingerprint density at radius 3 is 1.80 bits per heavy atom. The van der Waals surface area contributed by atoms with Crippen LogP contribution in [0, 0.1) is 0 Å². The fraction of sp³-hybridized carbons (Fsp3) is 0. The van der Waals surface area contributed by atoms with Crippen LogP contribution in [0.5, 0.6) is 23.0 Å². The molecule has 4 heterocycles. The number of para-hydroxylation sites is 3. The highest BCUT2D eigenvalue weighted by Gasteiger charge is 2.20. The molecule has 10 rings (SSSR count). The van der Waals surface area contributed by atoms with Gasteiger partial charge >= 0.3 is 0 Å². The minimum atomic E-state index is 0.647. The van der Waals surface area contributed by atoms with Crippen LogP contribution in [0.2, 0.25) is 0 Å². The predicted molar refractivity (Wildman–Crippen MR) is 201 cm³/mol. The second-order valence-electron chi connectivity index (χ2n) is 12.5. The zero-order valence-electron chi connectivity index (χ0n) is 27.2. The summed E-state index contributed by atoms with van der Waals surface area (Å²) in [6.07, 6.45) is 3.63. The second kappa shape index (κ2) is 11.8. The molecule has 1 aliphatic heterocycles. The molecule has 0 atom stereocenters. The Morgan fingerprint density at radius 2 is 0.980 bits per heavy atom. The van der Waals surface area contributed by atoms with Crippen molar-refractivity contribution in [3.8, 4) is 79.2 Å². The van der Waals surface area contributed by atoms with Crippen LogP contribution in [-0.4, -0.2) is 15.0 Å². The summed E-state index contributed by atoms with van der Waals surface area (Å²) in [5, 5.41) is 2.12. The topological polar surface area (TPSA) is 70.3 Å². The summed E-state index contributed by atoms with van der Waals surface area (Å²) in [5.74, 6) is 3.39. The third kappa shape index (κ3) is 5.27. The van der Waals surface area contributed by atoms with Gasteiger partial charge in [0.25, 0.3) is 0 Å². The van der Waals surface area contributed by atoms with Gasteiger partial charge in [-0.15, -0.1) is 0 Å². The summed E-state index contributed by atoms with van der Waals surface area (Å²) >= 11 is 0. The zero-order chi connectivity index (χ0) is 33.7. The molecule has 0 amide bonds. The molecule has 9 aromatic rings. The molecule has 0 bridgehead atoms. The van der Waals surface area contributed by atoms with Crippen molar-refractivity contribution in [1.82, 2.24) is 15.0 Å². The molecule has 3 aromatic heterocycles. The Hall–Kier alpha value is -7.05. The number of ether oxygens (including phenoxy) is 2. The molecule has 0 N–H and O–H groups in total. The van der Waals surface area contributed by atoms with Crippen LogP contribution in [0.1, 0.15) is 0 Å². The van der Waals surface area contributed by atoms with E-state index in [2.05, 4.69) is 53.5 Å². The van der Waals surface area contributed by atoms with E-state index in [1.165, 1.54) is 0 Å². The molecule has 0 radical (unpaired) electrons. The van der Waals surface area contributed by atoms with Crippen LogP contribution < -0.4 is 9.47 Å². The third-order valence-corrected chi connectivity index (χ3v) is 9.24. The maximum absolute atomic E-state index is 6.29. The summed E-state index contributed by atoms with van der Waals surface area (Å²) in [6.45, 7) is 0. The van der Waals surface area contributed by atoms with E-state index in [0.717, 1.165) is 72.3 Å². The highest BCUT2D eigenvalue weighted by Crippen LogP contribution is 2.47. The lowest BCUT2D eigenvalue weighted by atomic mass is 9.94. The monoisotopic (exact) mass is 657 g/mol. The van der Waals surface area contributed by atoms with Gasteiger partial charge in [-0.05, 0) is 107 Å². The van der Waals surface area contributed by atoms with Crippen molar-refractivity contribution >= 4 is 21.9 Å². The van der Waals surface area contributed by atoms with Crippen molar-refractivity contribution in [3.63, 3.8) is 0 Å². The molecule has 240 valence electrons.